The monoisotopic (exact) mass is 520 g/mol. The number of nitrogens with zero attached hydrogens (tertiary/aromatic N) is 2. The summed E-state index contributed by atoms with van der Waals surface area (Å²) in [7, 11) is 0. The molecule has 0 atom stereocenters. The van der Waals surface area contributed by atoms with Crippen LogP contribution in [0.1, 0.15) is 29.2 Å². The number of thioether (sulfide) groups is 1. The second-order valence-corrected chi connectivity index (χ2v) is 9.75. The van der Waals surface area contributed by atoms with Gasteiger partial charge in [0.2, 0.25) is 0 Å². The molecule has 0 N–H and O–H groups in total. The molecule has 1 heterocycles. The second-order valence-electron chi connectivity index (χ2n) is 7.83. The Hall–Kier alpha value is -2.83. The predicted molar refractivity (Wildman–Crippen MR) is 141 cm³/mol. The number of likely N-dealkylation sites (N-methyl/N-ethyl adjacent to an activating group) is 1. The number of aryl methyl sites for hydroxylation is 2. The van der Waals surface area contributed by atoms with Gasteiger partial charge in [0, 0.05) is 11.0 Å². The van der Waals surface area contributed by atoms with Gasteiger partial charge in [0.15, 0.2) is 5.17 Å². The number of amidine groups is 1. The molecule has 0 aliphatic carbocycles. The van der Waals surface area contributed by atoms with Crippen LogP contribution in [-0.4, -0.2) is 22.5 Å². The molecule has 6 heteroatoms. The molecule has 0 spiro atoms. The number of ether oxygens (including phenoxy) is 1. The van der Waals surface area contributed by atoms with Crippen LogP contribution in [0.25, 0.3) is 6.08 Å². The summed E-state index contributed by atoms with van der Waals surface area (Å²) in [5, 5.41) is 0.719. The molecule has 1 aliphatic heterocycles. The normalized spacial score (nSPS) is 16.1. The number of carbonyl (C=O) groups excluding carboxylic acids is 1. The fraction of sp³-hybridized carbons (Fsp3) is 0.185. The molecule has 33 heavy (non-hydrogen) atoms. The van der Waals surface area contributed by atoms with E-state index in [0.717, 1.165) is 43.3 Å². The van der Waals surface area contributed by atoms with Crippen LogP contribution < -0.4 is 4.74 Å². The molecule has 0 aromatic heterocycles. The lowest BCUT2D eigenvalue weighted by molar-refractivity contribution is -0.122. The minimum atomic E-state index is -0.0119. The van der Waals surface area contributed by atoms with Crippen LogP contribution in [-0.2, 0) is 11.4 Å². The smallest absolute Gasteiger partial charge is 0.266 e. The summed E-state index contributed by atoms with van der Waals surface area (Å²) in [5.74, 6) is 0.778. The molecule has 0 bridgehead atoms. The van der Waals surface area contributed by atoms with E-state index >= 15 is 0 Å². The van der Waals surface area contributed by atoms with E-state index in [4.69, 9.17) is 9.73 Å². The number of carbonyl (C=O) groups is 1. The summed E-state index contributed by atoms with van der Waals surface area (Å²) in [5.41, 5.74) is 5.19. The molecule has 0 saturated carbocycles. The zero-order valence-electron chi connectivity index (χ0n) is 18.8. The third kappa shape index (κ3) is 5.75. The maximum absolute atomic E-state index is 13.0. The van der Waals surface area contributed by atoms with Crippen LogP contribution in [0, 0.1) is 13.8 Å². The van der Waals surface area contributed by atoms with E-state index in [2.05, 4.69) is 34.1 Å². The zero-order chi connectivity index (χ0) is 23.4. The Kier molecular flexibility index (Phi) is 7.36. The largest absolute Gasteiger partial charge is 0.489 e. The Morgan fingerprint density at radius 1 is 1.03 bits per heavy atom. The summed E-state index contributed by atoms with van der Waals surface area (Å²) in [6.45, 7) is 7.14. The number of hydrogen-bond donors (Lipinski definition) is 0. The Balaban J connectivity index is 1.48. The number of rotatable bonds is 6. The average molecular weight is 521 g/mol. The van der Waals surface area contributed by atoms with Crippen molar-refractivity contribution in [2.75, 3.05) is 6.54 Å². The van der Waals surface area contributed by atoms with Crippen LogP contribution in [0.4, 0.5) is 5.69 Å². The Labute approximate surface area is 207 Å². The lowest BCUT2D eigenvalue weighted by Gasteiger charge is -2.12. The van der Waals surface area contributed by atoms with Crippen molar-refractivity contribution < 1.29 is 9.53 Å². The first-order chi connectivity index (χ1) is 15.9. The van der Waals surface area contributed by atoms with Gasteiger partial charge in [-0.1, -0.05) is 52.3 Å². The second kappa shape index (κ2) is 10.4. The van der Waals surface area contributed by atoms with Gasteiger partial charge in [0.25, 0.3) is 5.91 Å². The van der Waals surface area contributed by atoms with Crippen molar-refractivity contribution in [3.8, 4) is 5.75 Å². The van der Waals surface area contributed by atoms with Gasteiger partial charge >= 0.3 is 0 Å². The SMILES string of the molecule is CCN1C(=O)/C(=C\c2ccc(OCc3ccc(Br)cc3)cc2)SC1=Nc1cc(C)ccc1C. The molecule has 4 rings (SSSR count). The molecule has 168 valence electrons. The van der Waals surface area contributed by atoms with Gasteiger partial charge in [-0.25, -0.2) is 4.99 Å². The molecule has 1 saturated heterocycles. The third-order valence-electron chi connectivity index (χ3n) is 5.28. The number of aliphatic imine (C=N–C) groups is 1. The summed E-state index contributed by atoms with van der Waals surface area (Å²) in [4.78, 5) is 20.2. The van der Waals surface area contributed by atoms with Gasteiger partial charge in [0.1, 0.15) is 12.4 Å². The number of benzene rings is 3. The van der Waals surface area contributed by atoms with Gasteiger partial charge in [0.05, 0.1) is 10.6 Å². The van der Waals surface area contributed by atoms with Crippen LogP contribution >= 0.6 is 27.7 Å². The first kappa shape index (κ1) is 23.3. The van der Waals surface area contributed by atoms with Crippen molar-refractivity contribution >= 4 is 50.5 Å². The van der Waals surface area contributed by atoms with E-state index in [1.54, 1.807) is 4.90 Å². The number of halogens is 1. The minimum Gasteiger partial charge on any atom is -0.489 e. The van der Waals surface area contributed by atoms with Crippen molar-refractivity contribution in [2.45, 2.75) is 27.4 Å². The summed E-state index contributed by atoms with van der Waals surface area (Å²) in [6, 6.07) is 22.0. The van der Waals surface area contributed by atoms with Crippen molar-refractivity contribution in [1.29, 1.82) is 0 Å². The lowest BCUT2D eigenvalue weighted by atomic mass is 10.1. The van der Waals surface area contributed by atoms with Crippen LogP contribution in [0.5, 0.6) is 5.75 Å². The fourth-order valence-electron chi connectivity index (χ4n) is 3.37. The molecule has 4 nitrogen and oxygen atoms in total. The fourth-order valence-corrected chi connectivity index (χ4v) is 4.69. The maximum Gasteiger partial charge on any atom is 0.266 e. The molecule has 1 amide bonds. The standard InChI is InChI=1S/C27H25BrN2O2S/c1-4-30-26(31)25(33-27(30)29-24-15-18(2)5-6-19(24)3)16-20-9-13-23(14-10-20)32-17-21-7-11-22(28)12-8-21/h5-16H,4,17H2,1-3H3/b25-16+,29-27?. The first-order valence-corrected chi connectivity index (χ1v) is 12.4. The highest BCUT2D eigenvalue weighted by molar-refractivity contribution is 9.10. The molecule has 0 unspecified atom stereocenters. The van der Waals surface area contributed by atoms with E-state index < -0.39 is 0 Å². The lowest BCUT2D eigenvalue weighted by Crippen LogP contribution is -2.28. The highest BCUT2D eigenvalue weighted by Gasteiger charge is 2.32. The van der Waals surface area contributed by atoms with E-state index in [0.29, 0.717) is 18.1 Å². The van der Waals surface area contributed by atoms with E-state index in [-0.39, 0.29) is 5.91 Å². The maximum atomic E-state index is 13.0. The van der Waals surface area contributed by atoms with Gasteiger partial charge in [-0.2, -0.15) is 0 Å². The van der Waals surface area contributed by atoms with Crippen molar-refractivity contribution in [3.05, 3.63) is 98.4 Å². The van der Waals surface area contributed by atoms with E-state index in [9.17, 15) is 4.79 Å². The molecular weight excluding hydrogens is 496 g/mol. The van der Waals surface area contributed by atoms with Gasteiger partial charge in [-0.3, -0.25) is 9.69 Å². The van der Waals surface area contributed by atoms with Crippen LogP contribution in [0.2, 0.25) is 0 Å². The minimum absolute atomic E-state index is 0.0119. The van der Waals surface area contributed by atoms with Crippen molar-refractivity contribution in [2.24, 2.45) is 4.99 Å². The Morgan fingerprint density at radius 2 is 1.76 bits per heavy atom. The van der Waals surface area contributed by atoms with Gasteiger partial charge < -0.3 is 4.74 Å². The zero-order valence-corrected chi connectivity index (χ0v) is 21.2. The van der Waals surface area contributed by atoms with E-state index in [1.807, 2.05) is 75.4 Å². The van der Waals surface area contributed by atoms with Crippen molar-refractivity contribution in [3.63, 3.8) is 0 Å². The third-order valence-corrected chi connectivity index (χ3v) is 6.82. The summed E-state index contributed by atoms with van der Waals surface area (Å²) < 4.78 is 6.93. The topological polar surface area (TPSA) is 41.9 Å². The number of hydrogen-bond acceptors (Lipinski definition) is 4. The summed E-state index contributed by atoms with van der Waals surface area (Å²) in [6.07, 6.45) is 1.92. The average Bonchev–Trinajstić information content (AvgIpc) is 3.10. The first-order valence-electron chi connectivity index (χ1n) is 10.8. The summed E-state index contributed by atoms with van der Waals surface area (Å²) >= 11 is 4.86. The highest BCUT2D eigenvalue weighted by Crippen LogP contribution is 2.35. The van der Waals surface area contributed by atoms with Crippen molar-refractivity contribution in [1.82, 2.24) is 4.90 Å². The Morgan fingerprint density at radius 3 is 2.45 bits per heavy atom. The molecule has 0 radical (unpaired) electrons. The van der Waals surface area contributed by atoms with E-state index in [1.165, 1.54) is 11.8 Å². The van der Waals surface area contributed by atoms with Crippen LogP contribution in [0.3, 0.4) is 0 Å². The molecule has 1 aliphatic rings. The Bertz CT molecular complexity index is 1220. The quantitative estimate of drug-likeness (QED) is 0.321. The number of amides is 1. The highest BCUT2D eigenvalue weighted by atomic mass is 79.9. The van der Waals surface area contributed by atoms with Crippen LogP contribution in [0.15, 0.2) is 81.1 Å². The molecule has 3 aromatic carbocycles. The van der Waals surface area contributed by atoms with Gasteiger partial charge in [-0.05, 0) is 91.2 Å². The predicted octanol–water partition coefficient (Wildman–Crippen LogP) is 7.27. The molecule has 1 fully saturated rings. The molecular formula is C27H25BrN2O2S. The molecule has 3 aromatic rings. The van der Waals surface area contributed by atoms with Gasteiger partial charge in [-0.15, -0.1) is 0 Å².